The summed E-state index contributed by atoms with van der Waals surface area (Å²) in [4.78, 5) is 11.1. The Labute approximate surface area is 108 Å². The van der Waals surface area contributed by atoms with Gasteiger partial charge < -0.3 is 14.8 Å². The van der Waals surface area contributed by atoms with Gasteiger partial charge in [-0.15, -0.1) is 0 Å². The van der Waals surface area contributed by atoms with Gasteiger partial charge in [-0.25, -0.2) is 4.79 Å². The van der Waals surface area contributed by atoms with E-state index >= 15 is 0 Å². The number of methoxy groups -OCH3 is 1. The molecule has 18 heavy (non-hydrogen) atoms. The lowest BCUT2D eigenvalue weighted by molar-refractivity contribution is -0.142. The topological polar surface area (TPSA) is 47.6 Å². The molecule has 0 aromatic heterocycles. The van der Waals surface area contributed by atoms with E-state index in [0.717, 1.165) is 17.9 Å². The van der Waals surface area contributed by atoms with E-state index in [1.54, 1.807) is 0 Å². The number of nitrogens with one attached hydrogen (secondary N) is 1. The van der Waals surface area contributed by atoms with Gasteiger partial charge in [0, 0.05) is 18.2 Å². The third-order valence-corrected chi connectivity index (χ3v) is 2.49. The van der Waals surface area contributed by atoms with Crippen molar-refractivity contribution in [2.75, 3.05) is 13.7 Å². The molecule has 0 saturated carbocycles. The Balaban J connectivity index is 2.72. The fourth-order valence-corrected chi connectivity index (χ4v) is 1.50. The molecule has 0 amide bonds. The summed E-state index contributed by atoms with van der Waals surface area (Å²) in [5, 5.41) is 3.33. The standard InChI is InChI=1S/C14H21NO3/c1-10(2)15-8-12-7-11(3)5-6-13(12)18-9-14(16)17-4/h5-7,10,15H,8-9H2,1-4H3. The van der Waals surface area contributed by atoms with Crippen molar-refractivity contribution in [3.8, 4) is 5.75 Å². The van der Waals surface area contributed by atoms with Crippen LogP contribution in [0.4, 0.5) is 0 Å². The van der Waals surface area contributed by atoms with E-state index < -0.39 is 0 Å². The molecule has 0 aliphatic rings. The van der Waals surface area contributed by atoms with Gasteiger partial charge in [-0.1, -0.05) is 31.5 Å². The molecule has 1 N–H and O–H groups in total. The van der Waals surface area contributed by atoms with E-state index in [9.17, 15) is 4.79 Å². The highest BCUT2D eigenvalue weighted by atomic mass is 16.6. The van der Waals surface area contributed by atoms with Crippen molar-refractivity contribution in [3.05, 3.63) is 29.3 Å². The Bertz CT molecular complexity index is 402. The molecule has 0 aliphatic heterocycles. The summed E-state index contributed by atoms with van der Waals surface area (Å²) in [6, 6.07) is 6.31. The second kappa shape index (κ2) is 7.01. The lowest BCUT2D eigenvalue weighted by atomic mass is 10.1. The first kappa shape index (κ1) is 14.5. The van der Waals surface area contributed by atoms with E-state index in [4.69, 9.17) is 4.74 Å². The Morgan fingerprint density at radius 3 is 2.72 bits per heavy atom. The zero-order valence-electron chi connectivity index (χ0n) is 11.4. The quantitative estimate of drug-likeness (QED) is 0.786. The van der Waals surface area contributed by atoms with Gasteiger partial charge in [0.2, 0.25) is 0 Å². The molecule has 0 atom stereocenters. The Morgan fingerprint density at radius 2 is 2.11 bits per heavy atom. The summed E-state index contributed by atoms with van der Waals surface area (Å²) in [5.41, 5.74) is 2.22. The number of aryl methyl sites for hydroxylation is 1. The SMILES string of the molecule is COC(=O)COc1ccc(C)cc1CNC(C)C. The largest absolute Gasteiger partial charge is 0.482 e. The summed E-state index contributed by atoms with van der Waals surface area (Å²) in [5.74, 6) is 0.345. The van der Waals surface area contributed by atoms with Gasteiger partial charge in [0.25, 0.3) is 0 Å². The number of hydrogen-bond acceptors (Lipinski definition) is 4. The van der Waals surface area contributed by atoms with Crippen LogP contribution < -0.4 is 10.1 Å². The van der Waals surface area contributed by atoms with Gasteiger partial charge in [0.1, 0.15) is 5.75 Å². The smallest absolute Gasteiger partial charge is 0.343 e. The molecule has 0 saturated heterocycles. The molecule has 0 radical (unpaired) electrons. The maximum atomic E-state index is 11.1. The van der Waals surface area contributed by atoms with Crippen LogP contribution in [0.5, 0.6) is 5.75 Å². The third-order valence-electron chi connectivity index (χ3n) is 2.49. The molecule has 0 heterocycles. The average molecular weight is 251 g/mol. The first-order valence-corrected chi connectivity index (χ1v) is 6.05. The van der Waals surface area contributed by atoms with E-state index in [2.05, 4.69) is 30.0 Å². The highest BCUT2D eigenvalue weighted by Crippen LogP contribution is 2.20. The van der Waals surface area contributed by atoms with Gasteiger partial charge in [0.15, 0.2) is 6.61 Å². The average Bonchev–Trinajstić information content (AvgIpc) is 2.34. The van der Waals surface area contributed by atoms with Crippen LogP contribution in [0.2, 0.25) is 0 Å². The molecule has 1 aromatic rings. The molecular weight excluding hydrogens is 230 g/mol. The van der Waals surface area contributed by atoms with E-state index in [1.807, 2.05) is 19.1 Å². The van der Waals surface area contributed by atoms with E-state index in [-0.39, 0.29) is 12.6 Å². The van der Waals surface area contributed by atoms with Crippen LogP contribution in [0.3, 0.4) is 0 Å². The van der Waals surface area contributed by atoms with Gasteiger partial charge in [-0.3, -0.25) is 0 Å². The summed E-state index contributed by atoms with van der Waals surface area (Å²) in [7, 11) is 1.35. The number of carbonyl (C=O) groups excluding carboxylic acids is 1. The summed E-state index contributed by atoms with van der Waals surface area (Å²) in [6.45, 7) is 6.86. The predicted molar refractivity (Wildman–Crippen MR) is 70.7 cm³/mol. The highest BCUT2D eigenvalue weighted by molar-refractivity contribution is 5.70. The molecule has 1 aromatic carbocycles. The first-order chi connectivity index (χ1) is 8.52. The number of hydrogen-bond donors (Lipinski definition) is 1. The summed E-state index contributed by atoms with van der Waals surface area (Å²) in [6.07, 6.45) is 0. The van der Waals surface area contributed by atoms with Crippen molar-refractivity contribution in [3.63, 3.8) is 0 Å². The minimum atomic E-state index is -0.377. The van der Waals surface area contributed by atoms with Crippen molar-refractivity contribution in [1.29, 1.82) is 0 Å². The van der Waals surface area contributed by atoms with Crippen LogP contribution in [0.25, 0.3) is 0 Å². The van der Waals surface area contributed by atoms with E-state index in [0.29, 0.717) is 6.04 Å². The van der Waals surface area contributed by atoms with E-state index in [1.165, 1.54) is 12.7 Å². The Hall–Kier alpha value is -1.55. The van der Waals surface area contributed by atoms with Crippen molar-refractivity contribution in [1.82, 2.24) is 5.32 Å². The fourth-order valence-electron chi connectivity index (χ4n) is 1.50. The minimum absolute atomic E-state index is 0.0613. The fraction of sp³-hybridized carbons (Fsp3) is 0.500. The highest BCUT2D eigenvalue weighted by Gasteiger charge is 2.07. The lowest BCUT2D eigenvalue weighted by Gasteiger charge is -2.14. The minimum Gasteiger partial charge on any atom is -0.482 e. The molecule has 1 rings (SSSR count). The van der Waals surface area contributed by atoms with Gasteiger partial charge >= 0.3 is 5.97 Å². The number of benzene rings is 1. The summed E-state index contributed by atoms with van der Waals surface area (Å²) < 4.78 is 10.0. The molecule has 4 heteroatoms. The van der Waals surface area contributed by atoms with Crippen molar-refractivity contribution < 1.29 is 14.3 Å². The Morgan fingerprint density at radius 1 is 1.39 bits per heavy atom. The Kier molecular flexibility index (Phi) is 5.65. The normalized spacial score (nSPS) is 10.5. The molecule has 100 valence electrons. The zero-order chi connectivity index (χ0) is 13.5. The van der Waals surface area contributed by atoms with Crippen molar-refractivity contribution in [2.24, 2.45) is 0 Å². The number of rotatable bonds is 6. The van der Waals surface area contributed by atoms with Gasteiger partial charge in [-0.05, 0) is 13.0 Å². The third kappa shape index (κ3) is 4.75. The second-order valence-corrected chi connectivity index (χ2v) is 4.51. The molecule has 0 unspecified atom stereocenters. The maximum absolute atomic E-state index is 11.1. The van der Waals surface area contributed by atoms with Crippen LogP contribution in [0, 0.1) is 6.92 Å². The number of carbonyl (C=O) groups is 1. The monoisotopic (exact) mass is 251 g/mol. The number of ether oxygens (including phenoxy) is 2. The molecule has 0 fully saturated rings. The van der Waals surface area contributed by atoms with Crippen LogP contribution in [0.1, 0.15) is 25.0 Å². The maximum Gasteiger partial charge on any atom is 0.343 e. The molecule has 4 nitrogen and oxygen atoms in total. The van der Waals surface area contributed by atoms with Crippen LogP contribution in [-0.2, 0) is 16.1 Å². The molecule has 0 spiro atoms. The van der Waals surface area contributed by atoms with Gasteiger partial charge in [0.05, 0.1) is 7.11 Å². The van der Waals surface area contributed by atoms with Crippen LogP contribution >= 0.6 is 0 Å². The molecule has 0 bridgehead atoms. The van der Waals surface area contributed by atoms with Gasteiger partial charge in [-0.2, -0.15) is 0 Å². The lowest BCUT2D eigenvalue weighted by Crippen LogP contribution is -2.22. The van der Waals surface area contributed by atoms with Crippen molar-refractivity contribution >= 4 is 5.97 Å². The van der Waals surface area contributed by atoms with Crippen molar-refractivity contribution in [2.45, 2.75) is 33.4 Å². The second-order valence-electron chi connectivity index (χ2n) is 4.51. The molecule has 0 aliphatic carbocycles. The number of esters is 1. The van der Waals surface area contributed by atoms with Crippen LogP contribution in [0.15, 0.2) is 18.2 Å². The zero-order valence-corrected chi connectivity index (χ0v) is 11.4. The predicted octanol–water partition coefficient (Wildman–Crippen LogP) is 2.04. The van der Waals surface area contributed by atoms with Crippen LogP contribution in [-0.4, -0.2) is 25.7 Å². The molecular formula is C14H21NO3. The first-order valence-electron chi connectivity index (χ1n) is 6.05. The summed E-state index contributed by atoms with van der Waals surface area (Å²) >= 11 is 0.